The van der Waals surface area contributed by atoms with Crippen molar-refractivity contribution >= 4 is 46.4 Å². The second kappa shape index (κ2) is 3.76. The van der Waals surface area contributed by atoms with Crippen LogP contribution in [0.3, 0.4) is 0 Å². The van der Waals surface area contributed by atoms with Gasteiger partial charge in [-0.3, -0.25) is 0 Å². The molecule has 1 heterocycles. The molecule has 2 nitrogen and oxygen atoms in total. The fourth-order valence-corrected chi connectivity index (χ4v) is 4.56. The fraction of sp³-hybridized carbons (Fsp3) is 0. The quantitative estimate of drug-likeness (QED) is 0.643. The van der Waals surface area contributed by atoms with Gasteiger partial charge in [0.1, 0.15) is 0 Å². The van der Waals surface area contributed by atoms with Gasteiger partial charge in [0.2, 0.25) is 0 Å². The van der Waals surface area contributed by atoms with E-state index in [1.54, 1.807) is 6.07 Å². The van der Waals surface area contributed by atoms with Crippen molar-refractivity contribution in [2.24, 2.45) is 0 Å². The van der Waals surface area contributed by atoms with E-state index in [-0.39, 0.29) is 14.5 Å². The van der Waals surface area contributed by atoms with E-state index in [1.165, 1.54) is 9.65 Å². The minimum atomic E-state index is -1.37. The van der Waals surface area contributed by atoms with Gasteiger partial charge in [-0.1, -0.05) is 0 Å². The van der Waals surface area contributed by atoms with Crippen molar-refractivity contribution in [3.05, 3.63) is 42.5 Å². The molecule has 3 rings (SSSR count). The van der Waals surface area contributed by atoms with E-state index < -0.39 is 7.12 Å². The van der Waals surface area contributed by atoms with E-state index in [9.17, 15) is 10.0 Å². The second-order valence-electron chi connectivity index (χ2n) is 3.70. The molecule has 0 aliphatic heterocycles. The van der Waals surface area contributed by atoms with Crippen molar-refractivity contribution in [1.82, 2.24) is 0 Å². The predicted molar refractivity (Wildman–Crippen MR) is 68.2 cm³/mol. The Hall–Kier alpha value is -1.06. The molecule has 0 spiro atoms. The average molecular weight is 275 g/mol. The Balaban J connectivity index is 2.49. The number of hydrogen-bond donors (Lipinski definition) is 2. The molecule has 0 radical (unpaired) electrons. The Morgan fingerprint density at radius 1 is 0.875 bits per heavy atom. The molecule has 0 fully saturated rings. The molecule has 2 aromatic carbocycles. The summed E-state index contributed by atoms with van der Waals surface area (Å²) in [5.74, 6) is 0. The molecule has 2 N–H and O–H groups in total. The molecule has 0 aliphatic rings. The van der Waals surface area contributed by atoms with Crippen molar-refractivity contribution in [2.45, 2.75) is 0 Å². The third-order valence-corrected chi connectivity index (χ3v) is 5.31. The van der Waals surface area contributed by atoms with Crippen molar-refractivity contribution in [2.75, 3.05) is 0 Å². The first-order valence-electron chi connectivity index (χ1n) is 5.03. The van der Waals surface area contributed by atoms with E-state index in [4.69, 9.17) is 0 Å². The summed E-state index contributed by atoms with van der Waals surface area (Å²) in [6, 6.07) is 14.0. The zero-order valence-electron chi connectivity index (χ0n) is 8.42. The fourth-order valence-electron chi connectivity index (χ4n) is 1.97. The van der Waals surface area contributed by atoms with Crippen LogP contribution in [0.1, 0.15) is 0 Å². The van der Waals surface area contributed by atoms with Crippen LogP contribution in [0.15, 0.2) is 42.5 Å². The molecule has 0 bridgehead atoms. The minimum absolute atomic E-state index is 0.187. The van der Waals surface area contributed by atoms with E-state index in [0.717, 1.165) is 9.65 Å². The monoisotopic (exact) mass is 276 g/mol. The van der Waals surface area contributed by atoms with Crippen LogP contribution in [-0.2, 0) is 0 Å². The van der Waals surface area contributed by atoms with Gasteiger partial charge in [0, 0.05) is 0 Å². The van der Waals surface area contributed by atoms with Gasteiger partial charge < -0.3 is 0 Å². The predicted octanol–water partition coefficient (Wildman–Crippen LogP) is 0.730. The summed E-state index contributed by atoms with van der Waals surface area (Å²) < 4.78 is 2.42. The first-order chi connectivity index (χ1) is 7.77. The molecular formula is C12H9BO2Se. The second-order valence-corrected chi connectivity index (χ2v) is 5.90. The van der Waals surface area contributed by atoms with Gasteiger partial charge in [0.15, 0.2) is 0 Å². The number of benzene rings is 2. The normalized spacial score (nSPS) is 11.1. The van der Waals surface area contributed by atoms with E-state index in [0.29, 0.717) is 5.46 Å². The summed E-state index contributed by atoms with van der Waals surface area (Å²) in [6.45, 7) is 0. The van der Waals surface area contributed by atoms with Gasteiger partial charge in [-0.25, -0.2) is 0 Å². The van der Waals surface area contributed by atoms with Crippen molar-refractivity contribution < 1.29 is 10.0 Å². The maximum atomic E-state index is 9.33. The Labute approximate surface area is 99.0 Å². The van der Waals surface area contributed by atoms with Crippen LogP contribution in [0.25, 0.3) is 19.3 Å². The maximum absolute atomic E-state index is 9.33. The first-order valence-corrected chi connectivity index (χ1v) is 6.75. The third-order valence-electron chi connectivity index (χ3n) is 2.71. The van der Waals surface area contributed by atoms with Crippen LogP contribution in [-0.4, -0.2) is 31.7 Å². The number of rotatable bonds is 1. The Morgan fingerprint density at radius 2 is 1.62 bits per heavy atom. The van der Waals surface area contributed by atoms with Crippen molar-refractivity contribution in [3.63, 3.8) is 0 Å². The third kappa shape index (κ3) is 1.43. The zero-order chi connectivity index (χ0) is 11.1. The molecule has 0 saturated carbocycles. The topological polar surface area (TPSA) is 40.5 Å². The summed E-state index contributed by atoms with van der Waals surface area (Å²) in [5, 5.41) is 21.1. The van der Waals surface area contributed by atoms with Gasteiger partial charge in [0.25, 0.3) is 0 Å². The van der Waals surface area contributed by atoms with Gasteiger partial charge >= 0.3 is 98.9 Å². The molecule has 0 unspecified atom stereocenters. The summed E-state index contributed by atoms with van der Waals surface area (Å²) in [5.41, 5.74) is 0.647. The Kier molecular flexibility index (Phi) is 2.38. The first kappa shape index (κ1) is 10.1. The van der Waals surface area contributed by atoms with Crippen LogP contribution in [0.2, 0.25) is 0 Å². The van der Waals surface area contributed by atoms with Gasteiger partial charge in [-0.05, 0) is 0 Å². The molecule has 3 aromatic rings. The van der Waals surface area contributed by atoms with E-state index in [1.807, 2.05) is 18.2 Å². The van der Waals surface area contributed by atoms with Gasteiger partial charge in [0.05, 0.1) is 0 Å². The van der Waals surface area contributed by atoms with E-state index in [2.05, 4.69) is 18.2 Å². The van der Waals surface area contributed by atoms with Crippen molar-refractivity contribution in [3.8, 4) is 0 Å². The summed E-state index contributed by atoms with van der Waals surface area (Å²) >= 11 is 0.187. The molecule has 0 saturated heterocycles. The standard InChI is InChI=1S/C12H9BO2Se/c14-13(15)10-6-3-5-9-8-4-1-2-7-11(8)16-12(9)10/h1-7,14-15H. The van der Waals surface area contributed by atoms with Crippen LogP contribution >= 0.6 is 0 Å². The zero-order valence-corrected chi connectivity index (χ0v) is 10.1. The number of hydrogen-bond acceptors (Lipinski definition) is 2. The molecule has 16 heavy (non-hydrogen) atoms. The van der Waals surface area contributed by atoms with Crippen LogP contribution in [0.5, 0.6) is 0 Å². The molecule has 78 valence electrons. The molecule has 0 aliphatic carbocycles. The number of fused-ring (bicyclic) bond motifs is 3. The summed E-state index contributed by atoms with van der Waals surface area (Å²) in [6.07, 6.45) is 0. The summed E-state index contributed by atoms with van der Waals surface area (Å²) in [7, 11) is -1.37. The van der Waals surface area contributed by atoms with Gasteiger partial charge in [-0.15, -0.1) is 0 Å². The molecule has 4 heteroatoms. The molecule has 1 aromatic heterocycles. The summed E-state index contributed by atoms with van der Waals surface area (Å²) in [4.78, 5) is 0. The van der Waals surface area contributed by atoms with Crippen LogP contribution < -0.4 is 5.46 Å². The van der Waals surface area contributed by atoms with Crippen LogP contribution in [0.4, 0.5) is 0 Å². The molecule has 0 amide bonds. The average Bonchev–Trinajstić information content (AvgIpc) is 2.67. The Morgan fingerprint density at radius 3 is 2.44 bits per heavy atom. The Bertz CT molecular complexity index is 660. The van der Waals surface area contributed by atoms with Crippen LogP contribution in [0, 0.1) is 0 Å². The SMILES string of the molecule is OB(O)c1cccc2c1[se]c1ccccc12. The van der Waals surface area contributed by atoms with E-state index >= 15 is 0 Å². The molecule has 0 atom stereocenters. The van der Waals surface area contributed by atoms with Crippen molar-refractivity contribution in [1.29, 1.82) is 0 Å². The molecular weight excluding hydrogens is 266 g/mol. The van der Waals surface area contributed by atoms with Gasteiger partial charge in [-0.2, -0.15) is 0 Å².